The maximum atomic E-state index is 12.6. The Labute approximate surface area is 166 Å². The van der Waals surface area contributed by atoms with Gasteiger partial charge in [0, 0.05) is 23.7 Å². The predicted molar refractivity (Wildman–Crippen MR) is 107 cm³/mol. The quantitative estimate of drug-likeness (QED) is 0.799. The summed E-state index contributed by atoms with van der Waals surface area (Å²) in [5.74, 6) is 0.898. The molecule has 2 N–H and O–H groups in total. The van der Waals surface area contributed by atoms with Crippen LogP contribution in [0.15, 0.2) is 24.3 Å². The van der Waals surface area contributed by atoms with Crippen molar-refractivity contribution in [3.05, 3.63) is 29.3 Å². The summed E-state index contributed by atoms with van der Waals surface area (Å²) in [7, 11) is 0. The summed E-state index contributed by atoms with van der Waals surface area (Å²) in [4.78, 5) is 26.7. The summed E-state index contributed by atoms with van der Waals surface area (Å²) in [6, 6.07) is 6.81. The van der Waals surface area contributed by atoms with Gasteiger partial charge < -0.3 is 15.5 Å². The molecule has 2 fully saturated rings. The maximum Gasteiger partial charge on any atom is 0.249 e. The number of carbonyl (C=O) groups is 2. The Hall–Kier alpha value is -1.30. The van der Waals surface area contributed by atoms with Crippen LogP contribution in [0.1, 0.15) is 32.6 Å². The van der Waals surface area contributed by atoms with E-state index < -0.39 is 6.04 Å². The first-order valence-electron chi connectivity index (χ1n) is 9.11. The van der Waals surface area contributed by atoms with Gasteiger partial charge >= 0.3 is 0 Å². The highest BCUT2D eigenvalue weighted by molar-refractivity contribution is 6.30. The molecule has 3 rings (SSSR count). The van der Waals surface area contributed by atoms with Crippen LogP contribution in [0.25, 0.3) is 0 Å². The fourth-order valence-electron chi connectivity index (χ4n) is 3.82. The number of benzene rings is 1. The van der Waals surface area contributed by atoms with E-state index in [9.17, 15) is 9.59 Å². The Kier molecular flexibility index (Phi) is 7.74. The van der Waals surface area contributed by atoms with E-state index in [1.54, 1.807) is 17.0 Å². The van der Waals surface area contributed by atoms with Crippen molar-refractivity contribution in [3.63, 3.8) is 0 Å². The van der Waals surface area contributed by atoms with Gasteiger partial charge in [0.05, 0.1) is 0 Å². The predicted octanol–water partition coefficient (Wildman–Crippen LogP) is 3.01. The molecule has 26 heavy (non-hydrogen) atoms. The molecule has 2 saturated heterocycles. The van der Waals surface area contributed by atoms with E-state index >= 15 is 0 Å². The van der Waals surface area contributed by atoms with Crippen LogP contribution in [0.3, 0.4) is 0 Å². The molecule has 0 spiro atoms. The average Bonchev–Trinajstić information content (AvgIpc) is 2.97. The lowest BCUT2D eigenvalue weighted by Crippen LogP contribution is -2.42. The average molecular weight is 400 g/mol. The molecule has 0 aliphatic carbocycles. The van der Waals surface area contributed by atoms with Crippen molar-refractivity contribution in [1.29, 1.82) is 0 Å². The van der Waals surface area contributed by atoms with E-state index in [0.29, 0.717) is 36.2 Å². The molecular weight excluding hydrogens is 373 g/mol. The Balaban J connectivity index is 0.00000243. The standard InChI is InChI=1S/C19H26ClN3O2.ClH/c1-13(14-6-9-21-10-7-14)12-18(24)22-17-8-11-23(19(17)25)16-4-2-15(20)3-5-16;/h2-5,13-14,17,21H,6-12H2,1H3,(H,22,24);1H. The second-order valence-corrected chi connectivity index (χ2v) is 7.58. The van der Waals surface area contributed by atoms with E-state index in [-0.39, 0.29) is 24.2 Å². The van der Waals surface area contributed by atoms with Crippen LogP contribution in [-0.2, 0) is 9.59 Å². The number of rotatable bonds is 5. The van der Waals surface area contributed by atoms with Gasteiger partial charge in [0.2, 0.25) is 11.8 Å². The number of amides is 2. The van der Waals surface area contributed by atoms with Gasteiger partial charge in [0.25, 0.3) is 0 Å². The minimum atomic E-state index is -0.414. The van der Waals surface area contributed by atoms with Gasteiger partial charge in [-0.2, -0.15) is 0 Å². The number of hydrogen-bond acceptors (Lipinski definition) is 3. The number of carbonyl (C=O) groups excluding carboxylic acids is 2. The van der Waals surface area contributed by atoms with E-state index in [0.717, 1.165) is 31.6 Å². The molecule has 0 saturated carbocycles. The van der Waals surface area contributed by atoms with Crippen molar-refractivity contribution in [2.75, 3.05) is 24.5 Å². The van der Waals surface area contributed by atoms with Gasteiger partial charge in [0.15, 0.2) is 0 Å². The number of nitrogens with one attached hydrogen (secondary N) is 2. The van der Waals surface area contributed by atoms with Gasteiger partial charge in [-0.05, 0) is 68.5 Å². The topological polar surface area (TPSA) is 61.4 Å². The van der Waals surface area contributed by atoms with Gasteiger partial charge in [-0.3, -0.25) is 9.59 Å². The van der Waals surface area contributed by atoms with Crippen LogP contribution in [-0.4, -0.2) is 37.5 Å². The van der Waals surface area contributed by atoms with Crippen LogP contribution < -0.4 is 15.5 Å². The molecule has 0 aromatic heterocycles. The third-order valence-corrected chi connectivity index (χ3v) is 5.63. The van der Waals surface area contributed by atoms with E-state index in [1.807, 2.05) is 12.1 Å². The molecule has 2 unspecified atom stereocenters. The first kappa shape index (κ1) is 21.0. The summed E-state index contributed by atoms with van der Waals surface area (Å²) in [5.41, 5.74) is 0.828. The second kappa shape index (κ2) is 9.58. The Morgan fingerprint density at radius 3 is 2.58 bits per heavy atom. The van der Waals surface area contributed by atoms with Gasteiger partial charge in [-0.25, -0.2) is 0 Å². The highest BCUT2D eigenvalue weighted by Gasteiger charge is 2.34. The third-order valence-electron chi connectivity index (χ3n) is 5.37. The monoisotopic (exact) mass is 399 g/mol. The van der Waals surface area contributed by atoms with Crippen LogP contribution in [0, 0.1) is 11.8 Å². The SMILES string of the molecule is CC(CC(=O)NC1CCN(c2ccc(Cl)cc2)C1=O)C1CCNCC1.Cl. The molecule has 5 nitrogen and oxygen atoms in total. The summed E-state index contributed by atoms with van der Waals surface area (Å²) in [6.07, 6.45) is 3.40. The van der Waals surface area contributed by atoms with Crippen molar-refractivity contribution in [2.24, 2.45) is 11.8 Å². The molecule has 1 aromatic carbocycles. The van der Waals surface area contributed by atoms with Crippen LogP contribution >= 0.6 is 24.0 Å². The molecule has 0 radical (unpaired) electrons. The highest BCUT2D eigenvalue weighted by Crippen LogP contribution is 2.26. The van der Waals surface area contributed by atoms with E-state index in [1.165, 1.54) is 0 Å². The molecule has 2 heterocycles. The fraction of sp³-hybridized carbons (Fsp3) is 0.579. The number of nitrogens with zero attached hydrogens (tertiary/aromatic N) is 1. The molecule has 2 aliphatic rings. The fourth-order valence-corrected chi connectivity index (χ4v) is 3.94. The van der Waals surface area contributed by atoms with Crippen molar-refractivity contribution in [2.45, 2.75) is 38.6 Å². The molecule has 2 amide bonds. The largest absolute Gasteiger partial charge is 0.344 e. The van der Waals surface area contributed by atoms with Crippen LogP contribution in [0.5, 0.6) is 0 Å². The third kappa shape index (κ3) is 5.12. The number of halogens is 2. The first-order chi connectivity index (χ1) is 12.0. The zero-order chi connectivity index (χ0) is 17.8. The van der Waals surface area contributed by atoms with Crippen molar-refractivity contribution in [3.8, 4) is 0 Å². The molecule has 1 aromatic rings. The number of piperidine rings is 1. The van der Waals surface area contributed by atoms with Crippen LogP contribution in [0.4, 0.5) is 5.69 Å². The van der Waals surface area contributed by atoms with Crippen LogP contribution in [0.2, 0.25) is 5.02 Å². The Morgan fingerprint density at radius 2 is 1.92 bits per heavy atom. The van der Waals surface area contributed by atoms with Gasteiger partial charge in [-0.1, -0.05) is 18.5 Å². The Morgan fingerprint density at radius 1 is 1.27 bits per heavy atom. The normalized spacial score (nSPS) is 22.0. The minimum Gasteiger partial charge on any atom is -0.344 e. The molecule has 144 valence electrons. The Bertz CT molecular complexity index is 618. The minimum absolute atomic E-state index is 0. The second-order valence-electron chi connectivity index (χ2n) is 7.14. The van der Waals surface area contributed by atoms with Crippen molar-refractivity contribution >= 4 is 41.5 Å². The highest BCUT2D eigenvalue weighted by atomic mass is 35.5. The molecule has 0 bridgehead atoms. The summed E-state index contributed by atoms with van der Waals surface area (Å²) >= 11 is 5.90. The zero-order valence-electron chi connectivity index (χ0n) is 15.0. The first-order valence-corrected chi connectivity index (χ1v) is 9.49. The van der Waals surface area contributed by atoms with Gasteiger partial charge in [-0.15, -0.1) is 12.4 Å². The number of anilines is 1. The molecular formula is C19H27Cl2N3O2. The molecule has 2 aliphatic heterocycles. The smallest absolute Gasteiger partial charge is 0.249 e. The molecule has 2 atom stereocenters. The summed E-state index contributed by atoms with van der Waals surface area (Å²) in [6.45, 7) is 4.84. The van der Waals surface area contributed by atoms with Crippen molar-refractivity contribution < 1.29 is 9.59 Å². The van der Waals surface area contributed by atoms with Crippen molar-refractivity contribution in [1.82, 2.24) is 10.6 Å². The summed E-state index contributed by atoms with van der Waals surface area (Å²) < 4.78 is 0. The molecule has 7 heteroatoms. The lowest BCUT2D eigenvalue weighted by Gasteiger charge is -2.28. The lowest BCUT2D eigenvalue weighted by atomic mass is 9.84. The number of hydrogen-bond donors (Lipinski definition) is 2. The maximum absolute atomic E-state index is 12.6. The summed E-state index contributed by atoms with van der Waals surface area (Å²) in [5, 5.41) is 6.94. The van der Waals surface area contributed by atoms with E-state index in [4.69, 9.17) is 11.6 Å². The van der Waals surface area contributed by atoms with Gasteiger partial charge in [0.1, 0.15) is 6.04 Å². The lowest BCUT2D eigenvalue weighted by molar-refractivity contribution is -0.127. The zero-order valence-corrected chi connectivity index (χ0v) is 16.6. The van der Waals surface area contributed by atoms with E-state index in [2.05, 4.69) is 17.6 Å².